The molecule has 2 aromatic carbocycles. The van der Waals surface area contributed by atoms with Gasteiger partial charge in [-0.15, -0.1) is 0 Å². The third-order valence-corrected chi connectivity index (χ3v) is 4.47. The van der Waals surface area contributed by atoms with Crippen molar-refractivity contribution in [3.8, 4) is 5.75 Å². The lowest BCUT2D eigenvalue weighted by Crippen LogP contribution is -2.29. The molecule has 0 unspecified atom stereocenters. The van der Waals surface area contributed by atoms with E-state index >= 15 is 0 Å². The van der Waals surface area contributed by atoms with E-state index in [2.05, 4.69) is 4.98 Å². The molecule has 0 fully saturated rings. The second kappa shape index (κ2) is 5.37. The molecule has 1 aromatic heterocycles. The van der Waals surface area contributed by atoms with Crippen molar-refractivity contribution in [3.63, 3.8) is 0 Å². The molecule has 0 spiro atoms. The summed E-state index contributed by atoms with van der Waals surface area (Å²) in [5.41, 5.74) is 1.70. The Kier molecular flexibility index (Phi) is 3.28. The van der Waals surface area contributed by atoms with Gasteiger partial charge in [0.15, 0.2) is 5.75 Å². The molecule has 0 bridgehead atoms. The molecule has 0 saturated carbocycles. The smallest absolute Gasteiger partial charge is 0.265 e. The van der Waals surface area contributed by atoms with Crippen molar-refractivity contribution in [1.29, 1.82) is 0 Å². The number of phenols is 1. The van der Waals surface area contributed by atoms with E-state index in [1.165, 1.54) is 30.5 Å². The SMILES string of the molecule is Cc1c2c(c(O)c3ncccc13)C(=O)N(Cc1ccc(F)cc1)C2=O. The summed E-state index contributed by atoms with van der Waals surface area (Å²) in [6.07, 6.45) is 1.52. The third-order valence-electron chi connectivity index (χ3n) is 4.47. The number of benzene rings is 2. The van der Waals surface area contributed by atoms with Crippen LogP contribution < -0.4 is 0 Å². The number of carbonyl (C=O) groups is 2. The molecule has 1 aliphatic heterocycles. The molecule has 1 aliphatic rings. The van der Waals surface area contributed by atoms with E-state index in [4.69, 9.17) is 0 Å². The number of nitrogens with zero attached hydrogens (tertiary/aromatic N) is 2. The van der Waals surface area contributed by atoms with E-state index in [1.54, 1.807) is 19.1 Å². The molecule has 3 aromatic rings. The zero-order valence-corrected chi connectivity index (χ0v) is 13.3. The number of aryl methyl sites for hydroxylation is 1. The molecular weight excluding hydrogens is 323 g/mol. The first-order valence-electron chi connectivity index (χ1n) is 7.70. The second-order valence-corrected chi connectivity index (χ2v) is 5.95. The normalized spacial score (nSPS) is 13.6. The van der Waals surface area contributed by atoms with Crippen LogP contribution in [0.4, 0.5) is 4.39 Å². The Balaban J connectivity index is 1.84. The molecule has 5 nitrogen and oxygen atoms in total. The zero-order chi connectivity index (χ0) is 17.7. The number of hydrogen-bond acceptors (Lipinski definition) is 4. The summed E-state index contributed by atoms with van der Waals surface area (Å²) in [4.78, 5) is 30.7. The topological polar surface area (TPSA) is 70.5 Å². The standard InChI is InChI=1S/C19H13FN2O3/c1-10-13-3-2-8-21-16(13)17(23)15-14(10)18(24)22(19(15)25)9-11-4-6-12(20)7-5-11/h2-8,23H,9H2,1H3. The largest absolute Gasteiger partial charge is 0.505 e. The van der Waals surface area contributed by atoms with Gasteiger partial charge in [0, 0.05) is 11.6 Å². The fourth-order valence-electron chi connectivity index (χ4n) is 3.21. The van der Waals surface area contributed by atoms with Crippen LogP contribution in [0.2, 0.25) is 0 Å². The van der Waals surface area contributed by atoms with Gasteiger partial charge in [0.1, 0.15) is 11.3 Å². The number of imide groups is 1. The van der Waals surface area contributed by atoms with E-state index < -0.39 is 17.6 Å². The predicted molar refractivity (Wildman–Crippen MR) is 88.7 cm³/mol. The van der Waals surface area contributed by atoms with Crippen LogP contribution in [0.25, 0.3) is 10.9 Å². The molecule has 2 heterocycles. The zero-order valence-electron chi connectivity index (χ0n) is 13.3. The lowest BCUT2D eigenvalue weighted by atomic mass is 9.97. The number of halogens is 1. The van der Waals surface area contributed by atoms with Crippen LogP contribution in [0.15, 0.2) is 42.6 Å². The highest BCUT2D eigenvalue weighted by molar-refractivity contribution is 6.25. The fraction of sp³-hybridized carbons (Fsp3) is 0.105. The van der Waals surface area contributed by atoms with Crippen molar-refractivity contribution in [3.05, 3.63) is 70.7 Å². The van der Waals surface area contributed by atoms with Crippen LogP contribution in [-0.4, -0.2) is 26.8 Å². The predicted octanol–water partition coefficient (Wildman–Crippen LogP) is 3.18. The summed E-state index contributed by atoms with van der Waals surface area (Å²) in [5, 5.41) is 11.1. The minimum atomic E-state index is -0.572. The number of pyridine rings is 1. The molecule has 0 radical (unpaired) electrons. The van der Waals surface area contributed by atoms with Gasteiger partial charge in [-0.2, -0.15) is 0 Å². The van der Waals surface area contributed by atoms with Crippen molar-refractivity contribution in [2.75, 3.05) is 0 Å². The summed E-state index contributed by atoms with van der Waals surface area (Å²) in [6.45, 7) is 1.74. The van der Waals surface area contributed by atoms with E-state index in [-0.39, 0.29) is 23.4 Å². The molecule has 4 rings (SSSR count). The Bertz CT molecular complexity index is 984. The minimum Gasteiger partial charge on any atom is -0.505 e. The summed E-state index contributed by atoms with van der Waals surface area (Å²) in [6, 6.07) is 9.03. The van der Waals surface area contributed by atoms with Gasteiger partial charge < -0.3 is 5.11 Å². The van der Waals surface area contributed by atoms with Crippen molar-refractivity contribution < 1.29 is 19.1 Å². The van der Waals surface area contributed by atoms with Crippen LogP contribution in [0.1, 0.15) is 31.8 Å². The average molecular weight is 336 g/mol. The van der Waals surface area contributed by atoms with Crippen LogP contribution in [-0.2, 0) is 6.54 Å². The number of aromatic hydroxyl groups is 1. The molecule has 0 atom stereocenters. The van der Waals surface area contributed by atoms with E-state index in [1.807, 2.05) is 0 Å². The first-order valence-corrected chi connectivity index (χ1v) is 7.70. The highest BCUT2D eigenvalue weighted by Crippen LogP contribution is 2.39. The number of amides is 2. The lowest BCUT2D eigenvalue weighted by molar-refractivity contribution is 0.0641. The summed E-state index contributed by atoms with van der Waals surface area (Å²) in [5.74, 6) is -1.71. The monoisotopic (exact) mass is 336 g/mol. The number of fused-ring (bicyclic) bond motifs is 2. The maximum atomic E-state index is 13.0. The van der Waals surface area contributed by atoms with E-state index in [9.17, 15) is 19.1 Å². The van der Waals surface area contributed by atoms with Crippen molar-refractivity contribution >= 4 is 22.7 Å². The first-order chi connectivity index (χ1) is 12.0. The number of hydrogen-bond donors (Lipinski definition) is 1. The summed E-state index contributed by atoms with van der Waals surface area (Å²) >= 11 is 0. The second-order valence-electron chi connectivity index (χ2n) is 5.95. The molecular formula is C19H13FN2O3. The highest BCUT2D eigenvalue weighted by Gasteiger charge is 2.40. The van der Waals surface area contributed by atoms with Gasteiger partial charge in [-0.3, -0.25) is 19.5 Å². The number of rotatable bonds is 2. The number of carbonyl (C=O) groups excluding carboxylic acids is 2. The quantitative estimate of drug-likeness (QED) is 0.730. The van der Waals surface area contributed by atoms with Gasteiger partial charge in [0.05, 0.1) is 17.7 Å². The summed E-state index contributed by atoms with van der Waals surface area (Å²) in [7, 11) is 0. The Morgan fingerprint density at radius 2 is 1.76 bits per heavy atom. The van der Waals surface area contributed by atoms with Gasteiger partial charge in [-0.25, -0.2) is 4.39 Å². The van der Waals surface area contributed by atoms with Crippen molar-refractivity contribution in [2.45, 2.75) is 13.5 Å². The maximum absolute atomic E-state index is 13.0. The number of phenolic OH excluding ortho intramolecular Hbond substituents is 1. The molecule has 2 amide bonds. The Morgan fingerprint density at radius 3 is 2.48 bits per heavy atom. The first kappa shape index (κ1) is 15.3. The van der Waals surface area contributed by atoms with Crippen LogP contribution in [0.5, 0.6) is 5.75 Å². The van der Waals surface area contributed by atoms with Crippen LogP contribution in [0, 0.1) is 12.7 Å². The Labute approximate surface area is 142 Å². The van der Waals surface area contributed by atoms with E-state index in [0.29, 0.717) is 22.0 Å². The molecule has 1 N–H and O–H groups in total. The lowest BCUT2D eigenvalue weighted by Gasteiger charge is -2.13. The Morgan fingerprint density at radius 1 is 1.08 bits per heavy atom. The molecule has 0 aliphatic carbocycles. The van der Waals surface area contributed by atoms with Gasteiger partial charge in [0.25, 0.3) is 11.8 Å². The Hall–Kier alpha value is -3.28. The maximum Gasteiger partial charge on any atom is 0.265 e. The fourth-order valence-corrected chi connectivity index (χ4v) is 3.21. The summed E-state index contributed by atoms with van der Waals surface area (Å²) < 4.78 is 13.0. The highest BCUT2D eigenvalue weighted by atomic mass is 19.1. The van der Waals surface area contributed by atoms with Gasteiger partial charge in [-0.05, 0) is 36.2 Å². The third kappa shape index (κ3) is 2.18. The average Bonchev–Trinajstić information content (AvgIpc) is 2.86. The molecule has 25 heavy (non-hydrogen) atoms. The van der Waals surface area contributed by atoms with Crippen molar-refractivity contribution in [1.82, 2.24) is 9.88 Å². The number of aromatic nitrogens is 1. The van der Waals surface area contributed by atoms with Crippen LogP contribution >= 0.6 is 0 Å². The molecule has 124 valence electrons. The molecule has 6 heteroatoms. The van der Waals surface area contributed by atoms with Gasteiger partial charge >= 0.3 is 0 Å². The minimum absolute atomic E-state index is 0.00921. The van der Waals surface area contributed by atoms with Gasteiger partial charge in [-0.1, -0.05) is 18.2 Å². The van der Waals surface area contributed by atoms with Crippen LogP contribution in [0.3, 0.4) is 0 Å². The van der Waals surface area contributed by atoms with Crippen molar-refractivity contribution in [2.24, 2.45) is 0 Å². The van der Waals surface area contributed by atoms with Gasteiger partial charge in [0.2, 0.25) is 0 Å². The van der Waals surface area contributed by atoms with E-state index in [0.717, 1.165) is 4.90 Å². The molecule has 0 saturated heterocycles.